The summed E-state index contributed by atoms with van der Waals surface area (Å²) in [6, 6.07) is 5.23. The van der Waals surface area contributed by atoms with Crippen LogP contribution in [-0.2, 0) is 4.79 Å². The molecule has 1 fully saturated rings. The summed E-state index contributed by atoms with van der Waals surface area (Å²) in [4.78, 5) is 23.1. The lowest BCUT2D eigenvalue weighted by molar-refractivity contribution is -0.117. The molecule has 1 saturated heterocycles. The summed E-state index contributed by atoms with van der Waals surface area (Å²) in [7, 11) is 0. The van der Waals surface area contributed by atoms with Gasteiger partial charge in [-0.3, -0.25) is 4.79 Å². The molecule has 0 aliphatic carbocycles. The highest BCUT2D eigenvalue weighted by molar-refractivity contribution is 6.42. The van der Waals surface area contributed by atoms with Crippen LogP contribution in [0.3, 0.4) is 0 Å². The Morgan fingerprint density at radius 3 is 2.67 bits per heavy atom. The van der Waals surface area contributed by atoms with Gasteiger partial charge < -0.3 is 10.6 Å². The SMILES string of the molecule is CC1(CN)CCN(C2=NC(=O)C(c3cccc(Cl)c3Cl)C=N2)CC1. The Labute approximate surface area is 151 Å². The molecule has 0 radical (unpaired) electrons. The van der Waals surface area contributed by atoms with Crippen LogP contribution in [0.2, 0.25) is 10.0 Å². The minimum atomic E-state index is -0.584. The number of halogens is 2. The van der Waals surface area contributed by atoms with Crippen molar-refractivity contribution in [2.75, 3.05) is 19.6 Å². The van der Waals surface area contributed by atoms with Crippen LogP contribution in [0.4, 0.5) is 0 Å². The molecule has 1 atom stereocenters. The highest BCUT2D eigenvalue weighted by Crippen LogP contribution is 2.33. The van der Waals surface area contributed by atoms with Crippen molar-refractivity contribution in [2.45, 2.75) is 25.7 Å². The Morgan fingerprint density at radius 1 is 1.33 bits per heavy atom. The molecule has 0 aromatic heterocycles. The molecule has 0 bridgehead atoms. The lowest BCUT2D eigenvalue weighted by Crippen LogP contribution is -2.45. The third kappa shape index (κ3) is 3.34. The molecule has 0 saturated carbocycles. The third-order valence-electron chi connectivity index (χ3n) is 4.88. The molecule has 128 valence electrons. The second-order valence-corrected chi connectivity index (χ2v) is 7.44. The lowest BCUT2D eigenvalue weighted by Gasteiger charge is -2.39. The fraction of sp³-hybridized carbons (Fsp3) is 0.471. The van der Waals surface area contributed by atoms with E-state index < -0.39 is 5.92 Å². The van der Waals surface area contributed by atoms with Gasteiger partial charge in [-0.1, -0.05) is 42.3 Å². The van der Waals surface area contributed by atoms with Gasteiger partial charge in [-0.2, -0.15) is 4.99 Å². The average Bonchev–Trinajstić information content (AvgIpc) is 2.58. The summed E-state index contributed by atoms with van der Waals surface area (Å²) in [5.41, 5.74) is 6.63. The predicted octanol–water partition coefficient (Wildman–Crippen LogP) is 3.10. The van der Waals surface area contributed by atoms with Gasteiger partial charge in [0.25, 0.3) is 5.91 Å². The van der Waals surface area contributed by atoms with E-state index in [0.717, 1.165) is 25.9 Å². The molecule has 1 amide bonds. The molecular formula is C17H20Cl2N4O. The van der Waals surface area contributed by atoms with E-state index in [0.29, 0.717) is 28.1 Å². The molecule has 2 heterocycles. The van der Waals surface area contributed by atoms with Gasteiger partial charge >= 0.3 is 0 Å². The van der Waals surface area contributed by atoms with Crippen molar-refractivity contribution in [1.82, 2.24) is 4.90 Å². The Hall–Kier alpha value is -1.43. The molecule has 1 aromatic rings. The summed E-state index contributed by atoms with van der Waals surface area (Å²) >= 11 is 12.2. The van der Waals surface area contributed by atoms with E-state index >= 15 is 0 Å². The Bertz CT molecular complexity index is 709. The minimum Gasteiger partial charge on any atom is -0.341 e. The number of carbonyl (C=O) groups is 1. The number of rotatable bonds is 2. The van der Waals surface area contributed by atoms with Gasteiger partial charge in [-0.25, -0.2) is 4.99 Å². The number of nitrogens with two attached hydrogens (primary N) is 1. The number of aliphatic imine (C=N–C) groups is 2. The number of carbonyl (C=O) groups excluding carboxylic acids is 1. The normalized spacial score (nSPS) is 23.3. The Kier molecular flexibility index (Phi) is 4.95. The van der Waals surface area contributed by atoms with Crippen LogP contribution in [0.5, 0.6) is 0 Å². The summed E-state index contributed by atoms with van der Waals surface area (Å²) in [6.07, 6.45) is 3.55. The molecule has 2 aliphatic rings. The van der Waals surface area contributed by atoms with E-state index in [1.807, 2.05) is 4.90 Å². The largest absolute Gasteiger partial charge is 0.341 e. The van der Waals surface area contributed by atoms with Crippen LogP contribution in [0.25, 0.3) is 0 Å². The molecule has 3 rings (SSSR count). The van der Waals surface area contributed by atoms with Gasteiger partial charge in [0, 0.05) is 19.3 Å². The molecule has 2 aliphatic heterocycles. The third-order valence-corrected chi connectivity index (χ3v) is 5.71. The number of hydrogen-bond donors (Lipinski definition) is 1. The van der Waals surface area contributed by atoms with Gasteiger partial charge in [0.2, 0.25) is 5.96 Å². The minimum absolute atomic E-state index is 0.163. The van der Waals surface area contributed by atoms with Crippen molar-refractivity contribution in [2.24, 2.45) is 21.1 Å². The number of likely N-dealkylation sites (tertiary alicyclic amines) is 1. The van der Waals surface area contributed by atoms with Crippen LogP contribution in [-0.4, -0.2) is 42.6 Å². The molecular weight excluding hydrogens is 347 g/mol. The standard InChI is InChI=1S/C17H20Cl2N4O/c1-17(10-20)5-7-23(8-6-17)16-21-9-12(15(24)22-16)11-3-2-4-13(18)14(11)19/h2-4,9,12H,5-8,10,20H2,1H3. The van der Waals surface area contributed by atoms with Crippen LogP contribution in [0, 0.1) is 5.41 Å². The maximum atomic E-state index is 12.5. The van der Waals surface area contributed by atoms with E-state index in [1.54, 1.807) is 24.4 Å². The van der Waals surface area contributed by atoms with Crippen molar-refractivity contribution in [3.63, 3.8) is 0 Å². The first-order chi connectivity index (χ1) is 11.4. The first kappa shape index (κ1) is 17.4. The van der Waals surface area contributed by atoms with Crippen LogP contribution >= 0.6 is 23.2 Å². The molecule has 1 aromatic carbocycles. The molecule has 24 heavy (non-hydrogen) atoms. The average molecular weight is 367 g/mol. The van der Waals surface area contributed by atoms with E-state index in [2.05, 4.69) is 16.9 Å². The highest BCUT2D eigenvalue weighted by atomic mass is 35.5. The lowest BCUT2D eigenvalue weighted by atomic mass is 9.80. The first-order valence-corrected chi connectivity index (χ1v) is 8.75. The fourth-order valence-corrected chi connectivity index (χ4v) is 3.40. The van der Waals surface area contributed by atoms with Crippen LogP contribution in [0.15, 0.2) is 28.2 Å². The Morgan fingerprint density at radius 2 is 2.04 bits per heavy atom. The molecule has 7 heteroatoms. The van der Waals surface area contributed by atoms with E-state index in [4.69, 9.17) is 28.9 Å². The number of benzene rings is 1. The van der Waals surface area contributed by atoms with Crippen molar-refractivity contribution in [3.05, 3.63) is 33.8 Å². The summed E-state index contributed by atoms with van der Waals surface area (Å²) in [5, 5.41) is 0.793. The van der Waals surface area contributed by atoms with Crippen LogP contribution < -0.4 is 5.73 Å². The number of piperidine rings is 1. The predicted molar refractivity (Wildman–Crippen MR) is 98.1 cm³/mol. The molecule has 5 nitrogen and oxygen atoms in total. The quantitative estimate of drug-likeness (QED) is 0.873. The van der Waals surface area contributed by atoms with Gasteiger partial charge in [0.15, 0.2) is 0 Å². The summed E-state index contributed by atoms with van der Waals surface area (Å²) in [5.74, 6) is -0.371. The first-order valence-electron chi connectivity index (χ1n) is 7.99. The van der Waals surface area contributed by atoms with Gasteiger partial charge in [-0.15, -0.1) is 0 Å². The van der Waals surface area contributed by atoms with Crippen molar-refractivity contribution < 1.29 is 4.79 Å². The topological polar surface area (TPSA) is 71.0 Å². The van der Waals surface area contributed by atoms with E-state index in [-0.39, 0.29) is 11.3 Å². The second-order valence-electron chi connectivity index (χ2n) is 6.65. The van der Waals surface area contributed by atoms with Crippen molar-refractivity contribution in [1.29, 1.82) is 0 Å². The van der Waals surface area contributed by atoms with Gasteiger partial charge in [0.05, 0.1) is 10.0 Å². The second kappa shape index (κ2) is 6.82. The fourth-order valence-electron chi connectivity index (χ4n) is 2.98. The molecule has 2 N–H and O–H groups in total. The number of amides is 1. The number of guanidine groups is 1. The van der Waals surface area contributed by atoms with E-state index in [9.17, 15) is 4.79 Å². The zero-order valence-corrected chi connectivity index (χ0v) is 15.0. The molecule has 0 spiro atoms. The van der Waals surface area contributed by atoms with Crippen LogP contribution in [0.1, 0.15) is 31.2 Å². The highest BCUT2D eigenvalue weighted by Gasteiger charge is 2.32. The smallest absolute Gasteiger partial charge is 0.261 e. The number of nitrogens with zero attached hydrogens (tertiary/aromatic N) is 3. The number of hydrogen-bond acceptors (Lipinski definition) is 4. The van der Waals surface area contributed by atoms with Crippen molar-refractivity contribution in [3.8, 4) is 0 Å². The summed E-state index contributed by atoms with van der Waals surface area (Å²) < 4.78 is 0. The van der Waals surface area contributed by atoms with Crippen molar-refractivity contribution >= 4 is 41.3 Å². The zero-order valence-electron chi connectivity index (χ0n) is 13.5. The Balaban J connectivity index is 1.74. The summed E-state index contributed by atoms with van der Waals surface area (Å²) in [6.45, 7) is 4.48. The zero-order chi connectivity index (χ0) is 17.3. The molecule has 1 unspecified atom stereocenters. The maximum absolute atomic E-state index is 12.5. The van der Waals surface area contributed by atoms with E-state index in [1.165, 1.54) is 0 Å². The monoisotopic (exact) mass is 366 g/mol. The van der Waals surface area contributed by atoms with Gasteiger partial charge in [0.1, 0.15) is 5.92 Å². The maximum Gasteiger partial charge on any atom is 0.261 e. The van der Waals surface area contributed by atoms with Gasteiger partial charge in [-0.05, 0) is 36.4 Å².